The second-order valence-electron chi connectivity index (χ2n) is 5.84. The van der Waals surface area contributed by atoms with Crippen LogP contribution in [-0.4, -0.2) is 40.2 Å². The maximum Gasteiger partial charge on any atom is 0.269 e. The van der Waals surface area contributed by atoms with Crippen LogP contribution in [0.3, 0.4) is 0 Å². The third-order valence-corrected chi connectivity index (χ3v) is 4.72. The lowest BCUT2D eigenvalue weighted by molar-refractivity contribution is -0.384. The predicted molar refractivity (Wildman–Crippen MR) is 76.4 cm³/mol. The smallest absolute Gasteiger partial charge is 0.269 e. The highest BCUT2D eigenvalue weighted by atomic mass is 16.6. The van der Waals surface area contributed by atoms with Crippen molar-refractivity contribution in [2.24, 2.45) is 11.8 Å². The SMILES string of the molecule is O=C1[C@H]2[C@@H]3C=C[C@@](CO)(O3)[C@@H]2C(=O)N1c1ccc([N+](=O)[O-])cc1. The van der Waals surface area contributed by atoms with Crippen LogP contribution in [0.4, 0.5) is 11.4 Å². The van der Waals surface area contributed by atoms with Gasteiger partial charge in [0.2, 0.25) is 11.8 Å². The first-order valence-corrected chi connectivity index (χ1v) is 7.09. The minimum Gasteiger partial charge on any atom is -0.393 e. The zero-order valence-electron chi connectivity index (χ0n) is 11.8. The van der Waals surface area contributed by atoms with Gasteiger partial charge in [-0.15, -0.1) is 0 Å². The monoisotopic (exact) mass is 316 g/mol. The van der Waals surface area contributed by atoms with E-state index in [-0.39, 0.29) is 18.0 Å². The number of fused-ring (bicyclic) bond motifs is 5. The molecule has 118 valence electrons. The largest absolute Gasteiger partial charge is 0.393 e. The van der Waals surface area contributed by atoms with Gasteiger partial charge in [-0.25, -0.2) is 4.90 Å². The lowest BCUT2D eigenvalue weighted by Gasteiger charge is -2.26. The maximum absolute atomic E-state index is 12.7. The molecule has 4 atom stereocenters. The van der Waals surface area contributed by atoms with Crippen LogP contribution in [0.15, 0.2) is 36.4 Å². The summed E-state index contributed by atoms with van der Waals surface area (Å²) in [5.41, 5.74) is -0.977. The number of hydrogen-bond acceptors (Lipinski definition) is 6. The van der Waals surface area contributed by atoms with Crippen molar-refractivity contribution in [2.75, 3.05) is 11.5 Å². The third kappa shape index (κ3) is 1.67. The highest BCUT2D eigenvalue weighted by Gasteiger charge is 2.67. The van der Waals surface area contributed by atoms with Gasteiger partial charge in [0.05, 0.1) is 35.2 Å². The standard InChI is InChI=1S/C15H12N2O6/c18-7-15-6-5-10(23-15)11-12(15)14(20)16(13(11)19)8-1-3-9(4-2-8)17(21)22/h1-6,10-12,18H,7H2/t10-,11-,12-,15-/m0/s1. The quantitative estimate of drug-likeness (QED) is 0.374. The fourth-order valence-corrected chi connectivity index (χ4v) is 3.66. The van der Waals surface area contributed by atoms with E-state index in [0.29, 0.717) is 0 Å². The van der Waals surface area contributed by atoms with Crippen LogP contribution >= 0.6 is 0 Å². The van der Waals surface area contributed by atoms with Gasteiger partial charge in [-0.2, -0.15) is 0 Å². The number of aliphatic hydroxyl groups excluding tert-OH is 1. The van der Waals surface area contributed by atoms with E-state index in [9.17, 15) is 24.8 Å². The number of non-ortho nitro benzene ring substituents is 1. The third-order valence-electron chi connectivity index (χ3n) is 4.72. The van der Waals surface area contributed by atoms with Gasteiger partial charge in [0.15, 0.2) is 0 Å². The molecule has 0 radical (unpaired) electrons. The first kappa shape index (κ1) is 14.0. The lowest BCUT2D eigenvalue weighted by Crippen LogP contribution is -2.43. The second-order valence-corrected chi connectivity index (χ2v) is 5.84. The number of aliphatic hydroxyl groups is 1. The van der Waals surface area contributed by atoms with E-state index in [1.54, 1.807) is 12.2 Å². The highest BCUT2D eigenvalue weighted by molar-refractivity contribution is 6.23. The average Bonchev–Trinajstić information content (AvgIpc) is 3.19. The lowest BCUT2D eigenvalue weighted by atomic mass is 9.77. The van der Waals surface area contributed by atoms with E-state index in [1.807, 2.05) is 0 Å². The van der Waals surface area contributed by atoms with Gasteiger partial charge in [0.25, 0.3) is 5.69 Å². The molecule has 2 bridgehead atoms. The Morgan fingerprint density at radius 1 is 1.26 bits per heavy atom. The fourth-order valence-electron chi connectivity index (χ4n) is 3.66. The molecule has 23 heavy (non-hydrogen) atoms. The number of imide groups is 1. The molecule has 0 saturated carbocycles. The molecular formula is C15H12N2O6. The molecule has 3 heterocycles. The van der Waals surface area contributed by atoms with Crippen LogP contribution in [0.1, 0.15) is 0 Å². The Morgan fingerprint density at radius 2 is 1.96 bits per heavy atom. The molecular weight excluding hydrogens is 304 g/mol. The van der Waals surface area contributed by atoms with Crippen LogP contribution in [0, 0.1) is 22.0 Å². The summed E-state index contributed by atoms with van der Waals surface area (Å²) in [6.45, 7) is -0.381. The number of anilines is 1. The van der Waals surface area contributed by atoms with Crippen molar-refractivity contribution < 1.29 is 24.4 Å². The van der Waals surface area contributed by atoms with Crippen LogP contribution in [0.25, 0.3) is 0 Å². The molecule has 0 unspecified atom stereocenters. The summed E-state index contributed by atoms with van der Waals surface area (Å²) in [7, 11) is 0. The highest BCUT2D eigenvalue weighted by Crippen LogP contribution is 2.52. The minimum absolute atomic E-state index is 0.120. The van der Waals surface area contributed by atoms with Crippen molar-refractivity contribution >= 4 is 23.2 Å². The summed E-state index contributed by atoms with van der Waals surface area (Å²) in [5.74, 6) is -2.27. The van der Waals surface area contributed by atoms with Crippen molar-refractivity contribution in [1.29, 1.82) is 0 Å². The number of carbonyl (C=O) groups is 2. The van der Waals surface area contributed by atoms with Crippen LogP contribution in [0.2, 0.25) is 0 Å². The minimum atomic E-state index is -1.14. The number of nitrogens with zero attached hydrogens (tertiary/aromatic N) is 2. The predicted octanol–water partition coefficient (Wildman–Crippen LogP) is 0.400. The van der Waals surface area contributed by atoms with Crippen LogP contribution in [0.5, 0.6) is 0 Å². The van der Waals surface area contributed by atoms with E-state index in [0.717, 1.165) is 4.90 Å². The van der Waals surface area contributed by atoms with E-state index in [1.165, 1.54) is 24.3 Å². The van der Waals surface area contributed by atoms with E-state index < -0.39 is 40.3 Å². The zero-order chi connectivity index (χ0) is 16.4. The second kappa shape index (κ2) is 4.46. The molecule has 2 saturated heterocycles. The van der Waals surface area contributed by atoms with Gasteiger partial charge < -0.3 is 9.84 Å². The van der Waals surface area contributed by atoms with E-state index >= 15 is 0 Å². The number of nitro benzene ring substituents is 1. The van der Waals surface area contributed by atoms with Crippen molar-refractivity contribution in [1.82, 2.24) is 0 Å². The topological polar surface area (TPSA) is 110 Å². The average molecular weight is 316 g/mol. The number of carbonyl (C=O) groups excluding carboxylic acids is 2. The van der Waals surface area contributed by atoms with Crippen LogP contribution < -0.4 is 4.90 Å². The number of nitro groups is 1. The Bertz CT molecular complexity index is 758. The Hall–Kier alpha value is -2.58. The molecule has 2 fully saturated rings. The number of ether oxygens (including phenoxy) is 1. The Labute approximate surface area is 130 Å². The molecule has 0 aliphatic carbocycles. The molecule has 8 heteroatoms. The molecule has 3 aliphatic rings. The van der Waals surface area contributed by atoms with Crippen molar-refractivity contribution in [3.8, 4) is 0 Å². The fraction of sp³-hybridized carbons (Fsp3) is 0.333. The molecule has 1 N–H and O–H groups in total. The molecule has 1 aromatic carbocycles. The van der Waals surface area contributed by atoms with Crippen LogP contribution in [-0.2, 0) is 14.3 Å². The summed E-state index contributed by atoms with van der Waals surface area (Å²) in [5, 5.41) is 20.3. The summed E-state index contributed by atoms with van der Waals surface area (Å²) in [6, 6.07) is 5.23. The molecule has 0 aromatic heterocycles. The van der Waals surface area contributed by atoms with Gasteiger partial charge in [0, 0.05) is 12.1 Å². The van der Waals surface area contributed by atoms with Gasteiger partial charge in [-0.05, 0) is 12.1 Å². The van der Waals surface area contributed by atoms with Gasteiger partial charge in [-0.1, -0.05) is 12.2 Å². The van der Waals surface area contributed by atoms with Crippen molar-refractivity contribution in [3.05, 3.63) is 46.5 Å². The normalized spacial score (nSPS) is 34.3. The van der Waals surface area contributed by atoms with Gasteiger partial charge >= 0.3 is 0 Å². The maximum atomic E-state index is 12.7. The van der Waals surface area contributed by atoms with Gasteiger partial charge in [-0.3, -0.25) is 19.7 Å². The van der Waals surface area contributed by atoms with Crippen molar-refractivity contribution in [2.45, 2.75) is 11.7 Å². The summed E-state index contributed by atoms with van der Waals surface area (Å²) >= 11 is 0. The molecule has 4 rings (SSSR count). The molecule has 8 nitrogen and oxygen atoms in total. The Morgan fingerprint density at radius 3 is 2.57 bits per heavy atom. The first-order chi connectivity index (χ1) is 11.0. The Balaban J connectivity index is 1.72. The number of rotatable bonds is 3. The number of benzene rings is 1. The van der Waals surface area contributed by atoms with Gasteiger partial charge in [0.1, 0.15) is 5.60 Å². The number of amides is 2. The molecule has 2 amide bonds. The van der Waals surface area contributed by atoms with E-state index in [2.05, 4.69) is 0 Å². The molecule has 1 aromatic rings. The Kier molecular flexibility index (Phi) is 2.72. The summed E-state index contributed by atoms with van der Waals surface area (Å²) in [6.07, 6.45) is 2.82. The molecule has 3 aliphatic heterocycles. The zero-order valence-corrected chi connectivity index (χ0v) is 11.8. The summed E-state index contributed by atoms with van der Waals surface area (Å²) < 4.78 is 5.63. The van der Waals surface area contributed by atoms with E-state index in [4.69, 9.17) is 4.74 Å². The summed E-state index contributed by atoms with van der Waals surface area (Å²) in [4.78, 5) is 36.5. The first-order valence-electron chi connectivity index (χ1n) is 7.09. The van der Waals surface area contributed by atoms with Crippen molar-refractivity contribution in [3.63, 3.8) is 0 Å². The number of hydrogen-bond donors (Lipinski definition) is 1. The molecule has 0 spiro atoms.